The van der Waals surface area contributed by atoms with E-state index < -0.39 is 10.0 Å². The molecule has 0 amide bonds. The Kier molecular flexibility index (Phi) is 4.87. The first kappa shape index (κ1) is 16.6. The Balaban J connectivity index is 1.56. The van der Waals surface area contributed by atoms with Crippen LogP contribution in [0, 0.1) is 5.92 Å². The van der Waals surface area contributed by atoms with E-state index in [1.54, 1.807) is 17.4 Å². The summed E-state index contributed by atoms with van der Waals surface area (Å²) < 4.78 is 24.9. The summed E-state index contributed by atoms with van der Waals surface area (Å²) in [4.78, 5) is 4.42. The van der Waals surface area contributed by atoms with E-state index in [1.807, 2.05) is 24.3 Å². The highest BCUT2D eigenvalue weighted by Crippen LogP contribution is 2.25. The minimum absolute atomic E-state index is 0.176. The van der Waals surface area contributed by atoms with Gasteiger partial charge in [-0.25, -0.2) is 12.7 Å². The number of pyridine rings is 1. The summed E-state index contributed by atoms with van der Waals surface area (Å²) in [6, 6.07) is 7.72. The Morgan fingerprint density at radius 1 is 1.35 bits per heavy atom. The summed E-state index contributed by atoms with van der Waals surface area (Å²) in [7, 11) is -3.02. The Hall–Kier alpha value is -1.21. The van der Waals surface area contributed by atoms with Crippen LogP contribution < -0.4 is 5.32 Å². The molecule has 1 aromatic carbocycles. The van der Waals surface area contributed by atoms with E-state index in [0.717, 1.165) is 23.0 Å². The standard InChI is InChI=1S/C16H20ClN3O2S/c1-2-23(21,22)20-10-12(11-20)8-18-9-13-5-6-15(17)14-4-3-7-19-16(13)14/h3-7,12,18H,2,8-11H2,1H3. The van der Waals surface area contributed by atoms with Gasteiger partial charge in [0.15, 0.2) is 0 Å². The summed E-state index contributed by atoms with van der Waals surface area (Å²) in [6.45, 7) is 4.40. The van der Waals surface area contributed by atoms with E-state index in [2.05, 4.69) is 10.3 Å². The molecule has 1 aliphatic heterocycles. The molecule has 124 valence electrons. The quantitative estimate of drug-likeness (QED) is 0.865. The molecule has 1 aliphatic rings. The van der Waals surface area contributed by atoms with E-state index in [9.17, 15) is 8.42 Å². The minimum Gasteiger partial charge on any atom is -0.312 e. The van der Waals surface area contributed by atoms with Crippen LogP contribution in [0.15, 0.2) is 30.5 Å². The molecule has 0 atom stereocenters. The monoisotopic (exact) mass is 353 g/mol. The third-order valence-electron chi connectivity index (χ3n) is 4.23. The maximum atomic E-state index is 11.7. The molecule has 0 radical (unpaired) electrons. The highest BCUT2D eigenvalue weighted by atomic mass is 35.5. The zero-order chi connectivity index (χ0) is 16.4. The van der Waals surface area contributed by atoms with Gasteiger partial charge in [-0.1, -0.05) is 17.7 Å². The van der Waals surface area contributed by atoms with Gasteiger partial charge >= 0.3 is 0 Å². The average molecular weight is 354 g/mol. The van der Waals surface area contributed by atoms with Crippen LogP contribution in [0.2, 0.25) is 5.02 Å². The number of sulfonamides is 1. The predicted octanol–water partition coefficient (Wildman–Crippen LogP) is 2.26. The van der Waals surface area contributed by atoms with Crippen molar-refractivity contribution in [2.75, 3.05) is 25.4 Å². The summed E-state index contributed by atoms with van der Waals surface area (Å²) in [6.07, 6.45) is 1.77. The molecule has 7 heteroatoms. The van der Waals surface area contributed by atoms with Gasteiger partial charge in [-0.05, 0) is 36.6 Å². The zero-order valence-electron chi connectivity index (χ0n) is 13.0. The van der Waals surface area contributed by atoms with Gasteiger partial charge in [0.25, 0.3) is 0 Å². The van der Waals surface area contributed by atoms with Crippen LogP contribution in [0.4, 0.5) is 0 Å². The van der Waals surface area contributed by atoms with Gasteiger partial charge in [0, 0.05) is 42.8 Å². The highest BCUT2D eigenvalue weighted by molar-refractivity contribution is 7.89. The predicted molar refractivity (Wildman–Crippen MR) is 93.0 cm³/mol. The smallest absolute Gasteiger partial charge is 0.213 e. The topological polar surface area (TPSA) is 62.3 Å². The number of halogens is 1. The number of hydrogen-bond donors (Lipinski definition) is 1. The molecule has 1 saturated heterocycles. The van der Waals surface area contributed by atoms with Crippen LogP contribution >= 0.6 is 11.6 Å². The lowest BCUT2D eigenvalue weighted by atomic mass is 10.0. The van der Waals surface area contributed by atoms with Gasteiger partial charge in [0.05, 0.1) is 11.3 Å². The van der Waals surface area contributed by atoms with Gasteiger partial charge in [-0.2, -0.15) is 0 Å². The van der Waals surface area contributed by atoms with E-state index in [-0.39, 0.29) is 5.75 Å². The molecule has 0 spiro atoms. The molecule has 23 heavy (non-hydrogen) atoms. The van der Waals surface area contributed by atoms with Crippen LogP contribution in [-0.4, -0.2) is 43.1 Å². The molecule has 2 heterocycles. The van der Waals surface area contributed by atoms with Crippen molar-refractivity contribution in [1.82, 2.24) is 14.6 Å². The molecule has 1 N–H and O–H groups in total. The van der Waals surface area contributed by atoms with Gasteiger partial charge < -0.3 is 5.32 Å². The van der Waals surface area contributed by atoms with E-state index >= 15 is 0 Å². The van der Waals surface area contributed by atoms with Crippen LogP contribution in [0.25, 0.3) is 10.9 Å². The summed E-state index contributed by atoms with van der Waals surface area (Å²) >= 11 is 6.19. The second-order valence-electron chi connectivity index (χ2n) is 5.82. The van der Waals surface area contributed by atoms with Crippen molar-refractivity contribution in [3.63, 3.8) is 0 Å². The second kappa shape index (κ2) is 6.73. The Morgan fingerprint density at radius 2 is 2.13 bits per heavy atom. The highest BCUT2D eigenvalue weighted by Gasteiger charge is 2.34. The summed E-state index contributed by atoms with van der Waals surface area (Å²) in [5.41, 5.74) is 2.01. The molecule has 0 unspecified atom stereocenters. The van der Waals surface area contributed by atoms with Crippen molar-refractivity contribution in [3.8, 4) is 0 Å². The number of nitrogens with one attached hydrogen (secondary N) is 1. The van der Waals surface area contributed by atoms with Crippen LogP contribution in [0.5, 0.6) is 0 Å². The van der Waals surface area contributed by atoms with Crippen molar-refractivity contribution < 1.29 is 8.42 Å². The van der Waals surface area contributed by atoms with Crippen LogP contribution in [-0.2, 0) is 16.6 Å². The molecular formula is C16H20ClN3O2S. The molecule has 0 bridgehead atoms. The van der Waals surface area contributed by atoms with Crippen molar-refractivity contribution >= 4 is 32.5 Å². The Morgan fingerprint density at radius 3 is 2.87 bits per heavy atom. The van der Waals surface area contributed by atoms with Gasteiger partial charge in [0.2, 0.25) is 10.0 Å². The number of nitrogens with zero attached hydrogens (tertiary/aromatic N) is 2. The maximum absolute atomic E-state index is 11.7. The van der Waals surface area contributed by atoms with Crippen LogP contribution in [0.1, 0.15) is 12.5 Å². The van der Waals surface area contributed by atoms with E-state index in [4.69, 9.17) is 11.6 Å². The Bertz CT molecular complexity index is 804. The lowest BCUT2D eigenvalue weighted by Crippen LogP contribution is -2.53. The van der Waals surface area contributed by atoms with E-state index in [0.29, 0.717) is 30.6 Å². The zero-order valence-corrected chi connectivity index (χ0v) is 14.6. The third kappa shape index (κ3) is 3.50. The van der Waals surface area contributed by atoms with Gasteiger partial charge in [-0.15, -0.1) is 0 Å². The van der Waals surface area contributed by atoms with Crippen molar-refractivity contribution in [2.24, 2.45) is 5.92 Å². The molecule has 1 fully saturated rings. The summed E-state index contributed by atoms with van der Waals surface area (Å²) in [5.74, 6) is 0.554. The Labute approximate surface area is 141 Å². The molecule has 1 aromatic heterocycles. The van der Waals surface area contributed by atoms with E-state index in [1.165, 1.54) is 0 Å². The third-order valence-corrected chi connectivity index (χ3v) is 6.37. The first-order valence-corrected chi connectivity index (χ1v) is 9.70. The largest absolute Gasteiger partial charge is 0.312 e. The normalized spacial score (nSPS) is 16.6. The molecule has 0 aliphatic carbocycles. The number of aromatic nitrogens is 1. The lowest BCUT2D eigenvalue weighted by Gasteiger charge is -2.38. The fraction of sp³-hybridized carbons (Fsp3) is 0.438. The number of hydrogen-bond acceptors (Lipinski definition) is 4. The number of fused-ring (bicyclic) bond motifs is 1. The molecule has 0 saturated carbocycles. The fourth-order valence-electron chi connectivity index (χ4n) is 2.81. The van der Waals surface area contributed by atoms with Crippen molar-refractivity contribution in [3.05, 3.63) is 41.0 Å². The van der Waals surface area contributed by atoms with Crippen molar-refractivity contribution in [2.45, 2.75) is 13.5 Å². The molecule has 3 rings (SSSR count). The summed E-state index contributed by atoms with van der Waals surface area (Å²) in [5, 5.41) is 5.06. The first-order valence-electron chi connectivity index (χ1n) is 7.72. The number of benzene rings is 1. The lowest BCUT2D eigenvalue weighted by molar-refractivity contribution is 0.196. The molecule has 2 aromatic rings. The second-order valence-corrected chi connectivity index (χ2v) is 8.49. The fourth-order valence-corrected chi connectivity index (χ4v) is 4.27. The average Bonchev–Trinajstić information content (AvgIpc) is 2.51. The maximum Gasteiger partial charge on any atom is 0.213 e. The SMILES string of the molecule is CCS(=O)(=O)N1CC(CNCc2ccc(Cl)c3cccnc23)C1. The molecule has 5 nitrogen and oxygen atoms in total. The first-order chi connectivity index (χ1) is 11.0. The van der Waals surface area contributed by atoms with Crippen LogP contribution in [0.3, 0.4) is 0 Å². The van der Waals surface area contributed by atoms with Crippen molar-refractivity contribution in [1.29, 1.82) is 0 Å². The van der Waals surface area contributed by atoms with Gasteiger partial charge in [-0.3, -0.25) is 4.98 Å². The van der Waals surface area contributed by atoms with Gasteiger partial charge in [0.1, 0.15) is 0 Å². The minimum atomic E-state index is -3.02. The number of rotatable bonds is 6. The molecular weight excluding hydrogens is 334 g/mol.